The van der Waals surface area contributed by atoms with E-state index in [0.717, 1.165) is 30.2 Å². The molecule has 3 aliphatic rings. The molecule has 1 aliphatic heterocycles. The summed E-state index contributed by atoms with van der Waals surface area (Å²) in [6, 6.07) is 6.44. The molecule has 5 unspecified atom stereocenters. The number of rotatable bonds is 5. The monoisotopic (exact) mass is 446 g/mol. The minimum Gasteiger partial charge on any atom is -0.324 e. The SMILES string of the molecule is CCCC1C2C(=O)N(C(C)C(=O)Nc3ccc(Br)cc3)C(=O)C2C(C)C12CC2. The standard InChI is InChI=1S/C22H27BrN2O3/c1-4-5-16-18-17(12(2)22(16)10-11-22)20(27)25(21(18)28)13(3)19(26)24-15-8-6-14(23)7-9-15/h6-9,12-13,16-18H,4-5,10-11H2,1-3H3,(H,24,26). The van der Waals surface area contributed by atoms with E-state index in [0.29, 0.717) is 5.69 Å². The summed E-state index contributed by atoms with van der Waals surface area (Å²) in [5, 5.41) is 2.82. The van der Waals surface area contributed by atoms with Crippen molar-refractivity contribution in [3.8, 4) is 0 Å². The van der Waals surface area contributed by atoms with Crippen LogP contribution in [0, 0.1) is 29.1 Å². The highest BCUT2D eigenvalue weighted by atomic mass is 79.9. The van der Waals surface area contributed by atoms with E-state index in [-0.39, 0.29) is 46.8 Å². The molecule has 1 saturated heterocycles. The molecule has 1 spiro atoms. The minimum absolute atomic E-state index is 0.137. The number of imide groups is 1. The molecule has 1 aromatic carbocycles. The second-order valence-corrected chi connectivity index (χ2v) is 9.60. The molecule has 0 bridgehead atoms. The molecule has 5 atom stereocenters. The number of carbonyl (C=O) groups excluding carboxylic acids is 3. The van der Waals surface area contributed by atoms with Crippen LogP contribution in [-0.4, -0.2) is 28.7 Å². The van der Waals surface area contributed by atoms with Gasteiger partial charge < -0.3 is 5.32 Å². The van der Waals surface area contributed by atoms with E-state index >= 15 is 0 Å². The normalized spacial score (nSPS) is 31.2. The fourth-order valence-corrected chi connectivity index (χ4v) is 6.03. The van der Waals surface area contributed by atoms with Gasteiger partial charge in [0.05, 0.1) is 11.8 Å². The Bertz CT molecular complexity index is 818. The molecule has 0 radical (unpaired) electrons. The Kier molecular flexibility index (Phi) is 4.89. The van der Waals surface area contributed by atoms with Crippen LogP contribution >= 0.6 is 15.9 Å². The molecule has 0 aromatic heterocycles. The number of fused-ring (bicyclic) bond motifs is 1. The topological polar surface area (TPSA) is 66.5 Å². The maximum absolute atomic E-state index is 13.3. The maximum Gasteiger partial charge on any atom is 0.247 e. The summed E-state index contributed by atoms with van der Waals surface area (Å²) in [6.07, 6.45) is 4.26. The van der Waals surface area contributed by atoms with Crippen molar-refractivity contribution in [3.63, 3.8) is 0 Å². The lowest BCUT2D eigenvalue weighted by Crippen LogP contribution is -2.47. The number of nitrogens with one attached hydrogen (secondary N) is 1. The molecule has 1 heterocycles. The molecule has 3 amide bonds. The lowest BCUT2D eigenvalue weighted by molar-refractivity contribution is -0.147. The van der Waals surface area contributed by atoms with Crippen LogP contribution in [0.4, 0.5) is 5.69 Å². The lowest BCUT2D eigenvalue weighted by atomic mass is 9.81. The molecule has 6 heteroatoms. The van der Waals surface area contributed by atoms with Crippen molar-refractivity contribution in [1.82, 2.24) is 4.90 Å². The minimum atomic E-state index is -0.807. The lowest BCUT2D eigenvalue weighted by Gasteiger charge is -2.29. The average molecular weight is 447 g/mol. The number of likely N-dealkylation sites (tertiary alicyclic amines) is 1. The third kappa shape index (κ3) is 2.83. The summed E-state index contributed by atoms with van der Waals surface area (Å²) < 4.78 is 0.918. The molecule has 2 saturated carbocycles. The molecule has 28 heavy (non-hydrogen) atoms. The van der Waals surface area contributed by atoms with Gasteiger partial charge in [0.1, 0.15) is 6.04 Å². The summed E-state index contributed by atoms with van der Waals surface area (Å²) in [6.45, 7) is 5.93. The molecule has 150 valence electrons. The van der Waals surface area contributed by atoms with Gasteiger partial charge in [-0.25, -0.2) is 0 Å². The number of amides is 3. The Balaban J connectivity index is 1.54. The van der Waals surface area contributed by atoms with E-state index in [9.17, 15) is 14.4 Å². The number of hydrogen-bond donors (Lipinski definition) is 1. The van der Waals surface area contributed by atoms with E-state index in [1.165, 1.54) is 4.90 Å². The van der Waals surface area contributed by atoms with Gasteiger partial charge >= 0.3 is 0 Å². The Hall–Kier alpha value is -1.69. The van der Waals surface area contributed by atoms with Gasteiger partial charge in [-0.15, -0.1) is 0 Å². The summed E-state index contributed by atoms with van der Waals surface area (Å²) in [5.41, 5.74) is 0.833. The summed E-state index contributed by atoms with van der Waals surface area (Å²) in [4.78, 5) is 40.5. The van der Waals surface area contributed by atoms with Crippen LogP contribution in [0.15, 0.2) is 28.7 Å². The van der Waals surface area contributed by atoms with Crippen LogP contribution in [0.3, 0.4) is 0 Å². The molecule has 3 fully saturated rings. The highest BCUT2D eigenvalue weighted by Crippen LogP contribution is 2.70. The van der Waals surface area contributed by atoms with E-state index in [1.54, 1.807) is 19.1 Å². The number of carbonyl (C=O) groups is 3. The Morgan fingerprint density at radius 3 is 2.39 bits per heavy atom. The number of nitrogens with zero attached hydrogens (tertiary/aromatic N) is 1. The number of hydrogen-bond acceptors (Lipinski definition) is 3. The molecule has 1 aromatic rings. The van der Waals surface area contributed by atoms with Crippen molar-refractivity contribution < 1.29 is 14.4 Å². The van der Waals surface area contributed by atoms with Crippen molar-refractivity contribution in [2.45, 2.75) is 52.5 Å². The fourth-order valence-electron chi connectivity index (χ4n) is 5.76. The predicted molar refractivity (Wildman–Crippen MR) is 110 cm³/mol. The average Bonchev–Trinajstić information content (AvgIpc) is 3.37. The molecule has 2 aliphatic carbocycles. The van der Waals surface area contributed by atoms with Crippen molar-refractivity contribution in [2.24, 2.45) is 29.1 Å². The van der Waals surface area contributed by atoms with Gasteiger partial charge in [0, 0.05) is 10.2 Å². The third-order valence-corrected chi connectivity index (χ3v) is 7.88. The molecular formula is C22H27BrN2O3. The van der Waals surface area contributed by atoms with Crippen LogP contribution < -0.4 is 5.32 Å². The summed E-state index contributed by atoms with van der Waals surface area (Å²) >= 11 is 3.37. The molecule has 4 rings (SSSR count). The first-order valence-electron chi connectivity index (χ1n) is 10.2. The van der Waals surface area contributed by atoms with Crippen molar-refractivity contribution in [2.75, 3.05) is 5.32 Å². The number of anilines is 1. The van der Waals surface area contributed by atoms with Crippen LogP contribution in [0.5, 0.6) is 0 Å². The van der Waals surface area contributed by atoms with Crippen molar-refractivity contribution in [3.05, 3.63) is 28.7 Å². The van der Waals surface area contributed by atoms with E-state index < -0.39 is 6.04 Å². The summed E-state index contributed by atoms with van der Waals surface area (Å²) in [5.74, 6) is -0.613. The highest BCUT2D eigenvalue weighted by Gasteiger charge is 2.71. The van der Waals surface area contributed by atoms with E-state index in [4.69, 9.17) is 0 Å². The van der Waals surface area contributed by atoms with Gasteiger partial charge in [-0.05, 0) is 67.7 Å². The molecular weight excluding hydrogens is 420 g/mol. The first-order chi connectivity index (χ1) is 13.3. The highest BCUT2D eigenvalue weighted by molar-refractivity contribution is 9.10. The predicted octanol–water partition coefficient (Wildman–Crippen LogP) is 4.22. The Labute approximate surface area is 174 Å². The molecule has 5 nitrogen and oxygen atoms in total. The Morgan fingerprint density at radius 2 is 1.82 bits per heavy atom. The Morgan fingerprint density at radius 1 is 1.21 bits per heavy atom. The first kappa shape index (κ1) is 19.6. The first-order valence-corrected chi connectivity index (χ1v) is 11.0. The van der Waals surface area contributed by atoms with Crippen LogP contribution in [0.2, 0.25) is 0 Å². The largest absolute Gasteiger partial charge is 0.324 e. The maximum atomic E-state index is 13.3. The van der Waals surface area contributed by atoms with Gasteiger partial charge in [0.25, 0.3) is 0 Å². The van der Waals surface area contributed by atoms with Crippen molar-refractivity contribution in [1.29, 1.82) is 0 Å². The van der Waals surface area contributed by atoms with Gasteiger partial charge in [-0.2, -0.15) is 0 Å². The number of benzene rings is 1. The second kappa shape index (κ2) is 6.97. The zero-order valence-electron chi connectivity index (χ0n) is 16.6. The third-order valence-electron chi connectivity index (χ3n) is 7.36. The van der Waals surface area contributed by atoms with Gasteiger partial charge in [0.2, 0.25) is 17.7 Å². The quantitative estimate of drug-likeness (QED) is 0.688. The van der Waals surface area contributed by atoms with Crippen LogP contribution in [0.25, 0.3) is 0 Å². The van der Waals surface area contributed by atoms with E-state index in [1.807, 2.05) is 12.1 Å². The second-order valence-electron chi connectivity index (χ2n) is 8.69. The molecule has 1 N–H and O–H groups in total. The zero-order chi connectivity index (χ0) is 20.2. The fraction of sp³-hybridized carbons (Fsp3) is 0.591. The van der Waals surface area contributed by atoms with Crippen LogP contribution in [0.1, 0.15) is 46.5 Å². The van der Waals surface area contributed by atoms with Gasteiger partial charge in [-0.3, -0.25) is 19.3 Å². The van der Waals surface area contributed by atoms with E-state index in [2.05, 4.69) is 35.1 Å². The summed E-state index contributed by atoms with van der Waals surface area (Å²) in [7, 11) is 0. The van der Waals surface area contributed by atoms with Crippen LogP contribution in [-0.2, 0) is 14.4 Å². The van der Waals surface area contributed by atoms with Gasteiger partial charge in [-0.1, -0.05) is 36.2 Å². The van der Waals surface area contributed by atoms with Crippen molar-refractivity contribution >= 4 is 39.3 Å². The number of halogens is 1. The smallest absolute Gasteiger partial charge is 0.247 e. The van der Waals surface area contributed by atoms with Gasteiger partial charge in [0.15, 0.2) is 0 Å². The zero-order valence-corrected chi connectivity index (χ0v) is 18.2.